The van der Waals surface area contributed by atoms with Gasteiger partial charge in [-0.1, -0.05) is 6.07 Å². The number of alkyl halides is 3. The van der Waals surface area contributed by atoms with Gasteiger partial charge in [0.2, 0.25) is 0 Å². The van der Waals surface area contributed by atoms with Gasteiger partial charge in [-0.15, -0.1) is 0 Å². The van der Waals surface area contributed by atoms with Crippen molar-refractivity contribution < 1.29 is 18.0 Å². The molecular formula is C15H15F3N4O2. The van der Waals surface area contributed by atoms with Crippen LogP contribution in [0, 0.1) is 0 Å². The zero-order valence-corrected chi connectivity index (χ0v) is 12.9. The zero-order chi connectivity index (χ0) is 17.9. The summed E-state index contributed by atoms with van der Waals surface area (Å²) in [5, 5.41) is 2.20. The Hall–Kier alpha value is -2.84. The molecule has 0 aliphatic heterocycles. The number of halogens is 3. The average molecular weight is 340 g/mol. The molecule has 0 aliphatic carbocycles. The Bertz CT molecular complexity index is 774. The van der Waals surface area contributed by atoms with Gasteiger partial charge in [0.1, 0.15) is 5.69 Å². The van der Waals surface area contributed by atoms with Gasteiger partial charge in [0.25, 0.3) is 5.56 Å². The van der Waals surface area contributed by atoms with E-state index in [4.69, 9.17) is 0 Å². The summed E-state index contributed by atoms with van der Waals surface area (Å²) in [6.07, 6.45) is -0.914. The van der Waals surface area contributed by atoms with E-state index >= 15 is 0 Å². The Labute approximate surface area is 135 Å². The summed E-state index contributed by atoms with van der Waals surface area (Å²) in [5.74, 6) is 0. The molecule has 0 unspecified atom stereocenters. The summed E-state index contributed by atoms with van der Waals surface area (Å²) in [7, 11) is 1.47. The number of pyridine rings is 2. The Morgan fingerprint density at radius 2 is 2.12 bits per heavy atom. The highest BCUT2D eigenvalue weighted by molar-refractivity contribution is 5.89. The van der Waals surface area contributed by atoms with Crippen LogP contribution in [0.1, 0.15) is 24.1 Å². The van der Waals surface area contributed by atoms with Gasteiger partial charge < -0.3 is 15.2 Å². The molecule has 1 atom stereocenters. The molecule has 128 valence electrons. The maximum absolute atomic E-state index is 12.7. The van der Waals surface area contributed by atoms with Crippen molar-refractivity contribution in [3.05, 3.63) is 58.3 Å². The highest BCUT2D eigenvalue weighted by Gasteiger charge is 2.31. The first-order chi connectivity index (χ1) is 11.2. The van der Waals surface area contributed by atoms with E-state index in [0.29, 0.717) is 12.3 Å². The second kappa shape index (κ2) is 6.73. The van der Waals surface area contributed by atoms with Gasteiger partial charge >= 0.3 is 12.2 Å². The fourth-order valence-electron chi connectivity index (χ4n) is 1.97. The third kappa shape index (κ3) is 3.92. The van der Waals surface area contributed by atoms with Gasteiger partial charge in [0, 0.05) is 25.6 Å². The lowest BCUT2D eigenvalue weighted by molar-refractivity contribution is -0.137. The first-order valence-corrected chi connectivity index (χ1v) is 6.94. The molecule has 2 aromatic rings. The van der Waals surface area contributed by atoms with Gasteiger partial charge in [-0.05, 0) is 24.6 Å². The van der Waals surface area contributed by atoms with Crippen LogP contribution in [0.4, 0.5) is 23.7 Å². The molecule has 0 bridgehead atoms. The van der Waals surface area contributed by atoms with E-state index < -0.39 is 29.0 Å². The number of rotatable bonds is 3. The van der Waals surface area contributed by atoms with Crippen LogP contribution in [0.25, 0.3) is 0 Å². The number of nitrogens with zero attached hydrogens (tertiary/aromatic N) is 2. The van der Waals surface area contributed by atoms with Crippen LogP contribution < -0.4 is 10.9 Å². The van der Waals surface area contributed by atoms with Gasteiger partial charge in [-0.2, -0.15) is 13.2 Å². The number of aromatic amines is 1. The number of carbonyl (C=O) groups excluding carboxylic acids is 1. The molecule has 24 heavy (non-hydrogen) atoms. The summed E-state index contributed by atoms with van der Waals surface area (Å²) in [4.78, 5) is 31.0. The largest absolute Gasteiger partial charge is 0.417 e. The number of amides is 2. The normalized spacial score (nSPS) is 12.5. The molecule has 2 rings (SSSR count). The third-order valence-corrected chi connectivity index (χ3v) is 3.54. The van der Waals surface area contributed by atoms with Crippen LogP contribution in [-0.4, -0.2) is 27.9 Å². The van der Waals surface area contributed by atoms with Gasteiger partial charge in [-0.3, -0.25) is 9.78 Å². The van der Waals surface area contributed by atoms with Crippen LogP contribution in [0.3, 0.4) is 0 Å². The standard InChI is InChI=1S/C15H15F3N4O2/c1-9(10-4-3-5-19-7-10)22(2)14(24)21-12-6-11(15(16,17)18)8-20-13(12)23/h3-9H,1-2H3,(H,20,23)(H,21,24)/t9-/m0/s1. The minimum atomic E-state index is -4.63. The summed E-state index contributed by atoms with van der Waals surface area (Å²) >= 11 is 0. The zero-order valence-electron chi connectivity index (χ0n) is 12.9. The lowest BCUT2D eigenvalue weighted by Crippen LogP contribution is -2.35. The van der Waals surface area contributed by atoms with Crippen LogP contribution in [0.5, 0.6) is 0 Å². The van der Waals surface area contributed by atoms with Gasteiger partial charge in [0.05, 0.1) is 11.6 Å². The maximum atomic E-state index is 12.7. The number of hydrogen-bond acceptors (Lipinski definition) is 3. The number of nitrogens with one attached hydrogen (secondary N) is 2. The molecule has 0 saturated carbocycles. The van der Waals surface area contributed by atoms with E-state index in [-0.39, 0.29) is 6.04 Å². The second-order valence-corrected chi connectivity index (χ2v) is 5.13. The van der Waals surface area contributed by atoms with Crippen molar-refractivity contribution >= 4 is 11.7 Å². The number of H-pyrrole nitrogens is 1. The number of aromatic nitrogens is 2. The molecule has 0 spiro atoms. The average Bonchev–Trinajstić information content (AvgIpc) is 2.55. The molecule has 6 nitrogen and oxygen atoms in total. The molecule has 0 aliphatic rings. The van der Waals surface area contributed by atoms with E-state index in [1.54, 1.807) is 31.5 Å². The topological polar surface area (TPSA) is 78.1 Å². The minimum absolute atomic E-state index is 0.386. The van der Waals surface area contributed by atoms with E-state index in [9.17, 15) is 22.8 Å². The third-order valence-electron chi connectivity index (χ3n) is 3.54. The summed E-state index contributed by atoms with van der Waals surface area (Å²) in [6.45, 7) is 1.73. The number of urea groups is 1. The van der Waals surface area contributed by atoms with Crippen molar-refractivity contribution in [2.24, 2.45) is 0 Å². The van der Waals surface area contributed by atoms with Crippen molar-refractivity contribution in [3.8, 4) is 0 Å². The number of carbonyl (C=O) groups is 1. The van der Waals surface area contributed by atoms with Crippen molar-refractivity contribution in [2.75, 3.05) is 12.4 Å². The van der Waals surface area contributed by atoms with Crippen LogP contribution in [0.2, 0.25) is 0 Å². The van der Waals surface area contributed by atoms with E-state index in [1.165, 1.54) is 11.9 Å². The Morgan fingerprint density at radius 1 is 1.42 bits per heavy atom. The van der Waals surface area contributed by atoms with E-state index in [2.05, 4.69) is 10.3 Å². The second-order valence-electron chi connectivity index (χ2n) is 5.13. The fourth-order valence-corrected chi connectivity index (χ4v) is 1.97. The lowest BCUT2D eigenvalue weighted by atomic mass is 10.1. The SMILES string of the molecule is C[C@@H](c1cccnc1)N(C)C(=O)Nc1cc(C(F)(F)F)c[nH]c1=O. The molecule has 0 radical (unpaired) electrons. The lowest BCUT2D eigenvalue weighted by Gasteiger charge is -2.25. The first kappa shape index (κ1) is 17.5. The molecule has 0 fully saturated rings. The molecule has 0 aromatic carbocycles. The van der Waals surface area contributed by atoms with Crippen molar-refractivity contribution in [1.82, 2.24) is 14.9 Å². The molecular weight excluding hydrogens is 325 g/mol. The Balaban J connectivity index is 2.19. The summed E-state index contributed by atoms with van der Waals surface area (Å²) in [6, 6.07) is 2.96. The Morgan fingerprint density at radius 3 is 2.71 bits per heavy atom. The monoisotopic (exact) mass is 340 g/mol. The van der Waals surface area contributed by atoms with Crippen molar-refractivity contribution in [1.29, 1.82) is 0 Å². The fraction of sp³-hybridized carbons (Fsp3) is 0.267. The van der Waals surface area contributed by atoms with Gasteiger partial charge in [0.15, 0.2) is 0 Å². The molecule has 2 heterocycles. The molecule has 2 N–H and O–H groups in total. The maximum Gasteiger partial charge on any atom is 0.417 e. The van der Waals surface area contributed by atoms with Crippen LogP contribution in [0.15, 0.2) is 41.6 Å². The highest BCUT2D eigenvalue weighted by Crippen LogP contribution is 2.29. The quantitative estimate of drug-likeness (QED) is 0.901. The molecule has 9 heteroatoms. The number of hydrogen-bond donors (Lipinski definition) is 2. The summed E-state index contributed by atoms with van der Waals surface area (Å²) in [5.41, 5.74) is -1.60. The Kier molecular flexibility index (Phi) is 4.91. The predicted octanol–water partition coefficient (Wildman–Crippen LogP) is 3.01. The minimum Gasteiger partial charge on any atom is -0.327 e. The van der Waals surface area contributed by atoms with Gasteiger partial charge in [-0.25, -0.2) is 4.79 Å². The molecule has 2 amide bonds. The number of anilines is 1. The first-order valence-electron chi connectivity index (χ1n) is 6.94. The van der Waals surface area contributed by atoms with E-state index in [1.807, 2.05) is 4.98 Å². The molecule has 0 saturated heterocycles. The smallest absolute Gasteiger partial charge is 0.327 e. The predicted molar refractivity (Wildman–Crippen MR) is 81.5 cm³/mol. The van der Waals surface area contributed by atoms with Crippen molar-refractivity contribution in [3.63, 3.8) is 0 Å². The van der Waals surface area contributed by atoms with Crippen LogP contribution >= 0.6 is 0 Å². The summed E-state index contributed by atoms with van der Waals surface area (Å²) < 4.78 is 38.1. The van der Waals surface area contributed by atoms with Crippen molar-refractivity contribution in [2.45, 2.75) is 19.1 Å². The van der Waals surface area contributed by atoms with Crippen LogP contribution in [-0.2, 0) is 6.18 Å². The highest BCUT2D eigenvalue weighted by atomic mass is 19.4. The van der Waals surface area contributed by atoms with E-state index in [0.717, 1.165) is 5.56 Å². The molecule has 2 aromatic heterocycles.